The molecule has 1 aromatic rings. The molecule has 0 aliphatic carbocycles. The second-order valence-electron chi connectivity index (χ2n) is 4.42. The first-order valence-electron chi connectivity index (χ1n) is 6.86. The van der Waals surface area contributed by atoms with Gasteiger partial charge in [0, 0.05) is 12.8 Å². The normalized spacial score (nSPS) is 12.0. The fraction of sp³-hybridized carbons (Fsp3) is 0.615. The molecule has 1 atom stereocenters. The largest absolute Gasteiger partial charge is 0.449 e. The smallest absolute Gasteiger partial charge is 0.412 e. The van der Waals surface area contributed by atoms with E-state index in [9.17, 15) is 14.0 Å². The van der Waals surface area contributed by atoms with Crippen molar-refractivity contribution in [2.45, 2.75) is 38.9 Å². The van der Waals surface area contributed by atoms with E-state index < -0.39 is 18.1 Å². The first-order chi connectivity index (χ1) is 10.1. The molecule has 0 aliphatic rings. The number of anilines is 1. The van der Waals surface area contributed by atoms with Gasteiger partial charge in [-0.1, -0.05) is 13.3 Å². The highest BCUT2D eigenvalue weighted by molar-refractivity contribution is 5.83. The number of aromatic nitrogens is 2. The van der Waals surface area contributed by atoms with E-state index in [2.05, 4.69) is 10.3 Å². The van der Waals surface area contributed by atoms with Gasteiger partial charge in [-0.15, -0.1) is 0 Å². The van der Waals surface area contributed by atoms with Gasteiger partial charge in [0.2, 0.25) is 0 Å². The number of halogens is 1. The standard InChI is InChI=1S/C13H20FN3O4/c1-2-3-9-21-13(20)16-11-6-7-17(12(19)15-11)10(14)5-4-8-18/h6-7,10,18H,2-5,8-9H2,1H3,(H,15,16,19,20). The van der Waals surface area contributed by atoms with Crippen LogP contribution in [0, 0.1) is 0 Å². The SMILES string of the molecule is CCCCOC(=O)Nc1ccn(C(F)CCCO)c(=O)n1. The quantitative estimate of drug-likeness (QED) is 0.714. The van der Waals surface area contributed by atoms with Crippen molar-refractivity contribution >= 4 is 11.9 Å². The zero-order valence-corrected chi connectivity index (χ0v) is 11.9. The summed E-state index contributed by atoms with van der Waals surface area (Å²) in [6, 6.07) is 1.31. The zero-order valence-electron chi connectivity index (χ0n) is 11.9. The van der Waals surface area contributed by atoms with Crippen molar-refractivity contribution in [2.24, 2.45) is 0 Å². The lowest BCUT2D eigenvalue weighted by molar-refractivity contribution is 0.159. The van der Waals surface area contributed by atoms with Gasteiger partial charge >= 0.3 is 11.8 Å². The Bertz CT molecular complexity index is 506. The predicted octanol–water partition coefficient (Wildman–Crippen LogP) is 1.83. The van der Waals surface area contributed by atoms with Gasteiger partial charge in [0.15, 0.2) is 6.30 Å². The molecule has 1 amide bonds. The van der Waals surface area contributed by atoms with Gasteiger partial charge in [0.05, 0.1) is 6.61 Å². The van der Waals surface area contributed by atoms with E-state index in [0.29, 0.717) is 0 Å². The van der Waals surface area contributed by atoms with E-state index in [0.717, 1.165) is 17.4 Å². The maximum Gasteiger partial charge on any atom is 0.412 e. The molecule has 1 rings (SSSR count). The summed E-state index contributed by atoms with van der Waals surface area (Å²) in [5, 5.41) is 10.9. The Morgan fingerprint density at radius 2 is 2.33 bits per heavy atom. The summed E-state index contributed by atoms with van der Waals surface area (Å²) in [4.78, 5) is 26.6. The monoisotopic (exact) mass is 301 g/mol. The highest BCUT2D eigenvalue weighted by Crippen LogP contribution is 2.13. The lowest BCUT2D eigenvalue weighted by atomic mass is 10.3. The number of carbonyl (C=O) groups excluding carboxylic acids is 1. The minimum absolute atomic E-state index is 0.00658. The summed E-state index contributed by atoms with van der Waals surface area (Å²) in [6.07, 6.45) is 0.859. The Hall–Kier alpha value is -1.96. The Labute approximate surface area is 121 Å². The third-order valence-corrected chi connectivity index (χ3v) is 2.69. The van der Waals surface area contributed by atoms with E-state index >= 15 is 0 Å². The van der Waals surface area contributed by atoms with Crippen LogP contribution in [0.25, 0.3) is 0 Å². The van der Waals surface area contributed by atoms with E-state index in [1.807, 2.05) is 6.92 Å². The third kappa shape index (κ3) is 5.90. The highest BCUT2D eigenvalue weighted by Gasteiger charge is 2.12. The van der Waals surface area contributed by atoms with Crippen LogP contribution >= 0.6 is 0 Å². The van der Waals surface area contributed by atoms with Gasteiger partial charge in [-0.2, -0.15) is 4.98 Å². The third-order valence-electron chi connectivity index (χ3n) is 2.69. The molecule has 0 saturated heterocycles. The van der Waals surface area contributed by atoms with Crippen molar-refractivity contribution < 1.29 is 19.0 Å². The average molecular weight is 301 g/mol. The number of hydrogen-bond acceptors (Lipinski definition) is 5. The first kappa shape index (κ1) is 17.1. The molecule has 21 heavy (non-hydrogen) atoms. The van der Waals surface area contributed by atoms with Crippen LogP contribution in [0.5, 0.6) is 0 Å². The van der Waals surface area contributed by atoms with E-state index in [1.165, 1.54) is 12.3 Å². The number of alkyl halides is 1. The number of aliphatic hydroxyl groups is 1. The number of rotatable bonds is 8. The molecule has 8 heteroatoms. The predicted molar refractivity (Wildman–Crippen MR) is 74.8 cm³/mol. The molecule has 0 aliphatic heterocycles. The maximum atomic E-state index is 13.7. The van der Waals surface area contributed by atoms with Crippen molar-refractivity contribution in [1.29, 1.82) is 0 Å². The number of nitrogens with one attached hydrogen (secondary N) is 1. The minimum Gasteiger partial charge on any atom is -0.449 e. The molecule has 1 heterocycles. The van der Waals surface area contributed by atoms with Gasteiger partial charge in [-0.25, -0.2) is 14.0 Å². The number of nitrogens with zero attached hydrogens (tertiary/aromatic N) is 2. The summed E-state index contributed by atoms with van der Waals surface area (Å²) in [5.74, 6) is 0.00658. The summed E-state index contributed by atoms with van der Waals surface area (Å²) in [7, 11) is 0. The molecule has 0 saturated carbocycles. The molecular formula is C13H20FN3O4. The van der Waals surface area contributed by atoms with Gasteiger partial charge in [-0.3, -0.25) is 9.88 Å². The number of amides is 1. The van der Waals surface area contributed by atoms with Crippen LogP contribution in [-0.4, -0.2) is 34.0 Å². The van der Waals surface area contributed by atoms with Gasteiger partial charge in [-0.05, 0) is 25.3 Å². The van der Waals surface area contributed by atoms with Crippen LogP contribution in [0.1, 0.15) is 38.9 Å². The molecule has 118 valence electrons. The molecule has 1 unspecified atom stereocenters. The molecule has 0 radical (unpaired) electrons. The van der Waals surface area contributed by atoms with Crippen molar-refractivity contribution in [1.82, 2.24) is 9.55 Å². The summed E-state index contributed by atoms with van der Waals surface area (Å²) in [6.45, 7) is 2.10. The van der Waals surface area contributed by atoms with Crippen LogP contribution in [0.4, 0.5) is 15.0 Å². The second-order valence-corrected chi connectivity index (χ2v) is 4.42. The Kier molecular flexibility index (Phi) is 7.38. The van der Waals surface area contributed by atoms with Crippen LogP contribution in [-0.2, 0) is 4.74 Å². The van der Waals surface area contributed by atoms with Crippen molar-refractivity contribution in [3.63, 3.8) is 0 Å². The first-order valence-corrected chi connectivity index (χ1v) is 6.86. The number of aliphatic hydroxyl groups excluding tert-OH is 1. The van der Waals surface area contributed by atoms with Crippen LogP contribution < -0.4 is 11.0 Å². The lowest BCUT2D eigenvalue weighted by Gasteiger charge is -2.11. The Morgan fingerprint density at radius 3 is 2.95 bits per heavy atom. The fourth-order valence-corrected chi connectivity index (χ4v) is 1.54. The topological polar surface area (TPSA) is 93.5 Å². The number of unbranched alkanes of at least 4 members (excludes halogenated alkanes) is 1. The van der Waals surface area contributed by atoms with Crippen LogP contribution in [0.3, 0.4) is 0 Å². The van der Waals surface area contributed by atoms with E-state index in [-0.39, 0.29) is 31.9 Å². The number of carbonyl (C=O) groups is 1. The van der Waals surface area contributed by atoms with E-state index in [4.69, 9.17) is 9.84 Å². The molecule has 1 aromatic heterocycles. The second kappa shape index (κ2) is 9.06. The fourth-order valence-electron chi connectivity index (χ4n) is 1.54. The van der Waals surface area contributed by atoms with Gasteiger partial charge < -0.3 is 9.84 Å². The molecule has 0 bridgehead atoms. The van der Waals surface area contributed by atoms with Crippen LogP contribution in [0.2, 0.25) is 0 Å². The highest BCUT2D eigenvalue weighted by atomic mass is 19.1. The van der Waals surface area contributed by atoms with Crippen molar-refractivity contribution in [3.8, 4) is 0 Å². The maximum absolute atomic E-state index is 13.7. The average Bonchev–Trinajstić information content (AvgIpc) is 2.45. The minimum atomic E-state index is -1.55. The molecular weight excluding hydrogens is 281 g/mol. The Balaban J connectivity index is 2.61. The molecule has 0 spiro atoms. The molecule has 0 aromatic carbocycles. The summed E-state index contributed by atoms with van der Waals surface area (Å²) in [5.41, 5.74) is -0.813. The van der Waals surface area contributed by atoms with Gasteiger partial charge in [0.25, 0.3) is 0 Å². The zero-order chi connectivity index (χ0) is 15.7. The number of ether oxygens (including phenoxy) is 1. The summed E-state index contributed by atoms with van der Waals surface area (Å²) < 4.78 is 19.3. The van der Waals surface area contributed by atoms with Crippen molar-refractivity contribution in [3.05, 3.63) is 22.7 Å². The van der Waals surface area contributed by atoms with Crippen LogP contribution in [0.15, 0.2) is 17.1 Å². The Morgan fingerprint density at radius 1 is 1.57 bits per heavy atom. The van der Waals surface area contributed by atoms with E-state index in [1.54, 1.807) is 0 Å². The summed E-state index contributed by atoms with van der Waals surface area (Å²) >= 11 is 0. The lowest BCUT2D eigenvalue weighted by Crippen LogP contribution is -2.27. The van der Waals surface area contributed by atoms with Gasteiger partial charge in [0.1, 0.15) is 5.82 Å². The number of hydrogen-bond donors (Lipinski definition) is 2. The molecule has 7 nitrogen and oxygen atoms in total. The van der Waals surface area contributed by atoms with Crippen molar-refractivity contribution in [2.75, 3.05) is 18.5 Å². The molecule has 2 N–H and O–H groups in total. The molecule has 0 fully saturated rings.